The second kappa shape index (κ2) is 11.6. The smallest absolute Gasteiger partial charge is 0.0703 e. The summed E-state index contributed by atoms with van der Waals surface area (Å²) in [5.41, 5.74) is -0.142. The average Bonchev–Trinajstić information content (AvgIpc) is 2.39. The third kappa shape index (κ3) is 11.4. The molecule has 0 saturated carbocycles. The highest BCUT2D eigenvalue weighted by molar-refractivity contribution is 4.81. The fraction of sp³-hybridized carbons (Fsp3) is 1.00. The number of hydrogen-bond acceptors (Lipinski definition) is 4. The summed E-state index contributed by atoms with van der Waals surface area (Å²) in [6.45, 7) is 11.5. The highest BCUT2D eigenvalue weighted by Gasteiger charge is 2.21. The molecule has 0 aliphatic heterocycles. The molecule has 0 aliphatic rings. The summed E-state index contributed by atoms with van der Waals surface area (Å²) in [7, 11) is 0. The molecule has 0 aromatic rings. The molecular weight excluding hydrogens is 242 g/mol. The van der Waals surface area contributed by atoms with Crippen LogP contribution in [-0.4, -0.2) is 49.7 Å². The molecule has 0 radical (unpaired) electrons. The van der Waals surface area contributed by atoms with Crippen molar-refractivity contribution in [2.45, 2.75) is 65.0 Å². The van der Waals surface area contributed by atoms with Crippen LogP contribution in [0.2, 0.25) is 0 Å². The Bertz CT molecular complexity index is 200. The van der Waals surface area contributed by atoms with Gasteiger partial charge in [0.1, 0.15) is 0 Å². The number of aliphatic hydroxyl groups is 1. The average molecular weight is 275 g/mol. The zero-order chi connectivity index (χ0) is 14.6. The lowest BCUT2D eigenvalue weighted by Gasteiger charge is -2.28. The molecule has 2 N–H and O–H groups in total. The molecule has 0 aromatic heterocycles. The monoisotopic (exact) mass is 275 g/mol. The maximum absolute atomic E-state index is 9.43. The van der Waals surface area contributed by atoms with E-state index in [4.69, 9.17) is 9.47 Å². The Labute approximate surface area is 118 Å². The summed E-state index contributed by atoms with van der Waals surface area (Å²) >= 11 is 0. The molecule has 19 heavy (non-hydrogen) atoms. The van der Waals surface area contributed by atoms with E-state index in [0.717, 1.165) is 38.8 Å². The van der Waals surface area contributed by atoms with Crippen LogP contribution in [0.1, 0.15) is 53.4 Å². The minimum atomic E-state index is -0.142. The Kier molecular flexibility index (Phi) is 11.6. The zero-order valence-corrected chi connectivity index (χ0v) is 13.2. The normalized spacial score (nSPS) is 14.8. The molecule has 0 aliphatic carbocycles. The van der Waals surface area contributed by atoms with Crippen LogP contribution in [0.4, 0.5) is 0 Å². The number of unbranched alkanes of at least 4 members (excludes halogenated alkanes) is 1. The van der Waals surface area contributed by atoms with Crippen LogP contribution in [0.3, 0.4) is 0 Å². The van der Waals surface area contributed by atoms with E-state index >= 15 is 0 Å². The highest BCUT2D eigenvalue weighted by Crippen LogP contribution is 2.13. The van der Waals surface area contributed by atoms with Crippen molar-refractivity contribution in [1.29, 1.82) is 0 Å². The van der Waals surface area contributed by atoms with Gasteiger partial charge in [-0.15, -0.1) is 0 Å². The minimum Gasteiger partial charge on any atom is -0.394 e. The number of nitrogens with one attached hydrogen (secondary N) is 1. The summed E-state index contributed by atoms with van der Waals surface area (Å²) in [4.78, 5) is 0. The lowest BCUT2D eigenvalue weighted by atomic mass is 9.95. The van der Waals surface area contributed by atoms with Gasteiger partial charge in [-0.25, -0.2) is 0 Å². The van der Waals surface area contributed by atoms with E-state index in [9.17, 15) is 5.11 Å². The molecule has 0 fully saturated rings. The Hall–Kier alpha value is -0.160. The van der Waals surface area contributed by atoms with Gasteiger partial charge in [0, 0.05) is 12.1 Å². The summed E-state index contributed by atoms with van der Waals surface area (Å²) < 4.78 is 10.9. The van der Waals surface area contributed by atoms with Crippen LogP contribution in [0.15, 0.2) is 0 Å². The Balaban J connectivity index is 3.45. The van der Waals surface area contributed by atoms with Crippen molar-refractivity contribution < 1.29 is 14.6 Å². The van der Waals surface area contributed by atoms with Gasteiger partial charge < -0.3 is 19.9 Å². The summed E-state index contributed by atoms with van der Waals surface area (Å²) in [6, 6.07) is 0. The van der Waals surface area contributed by atoms with Crippen molar-refractivity contribution >= 4 is 0 Å². The molecule has 4 heteroatoms. The number of aliphatic hydroxyl groups excluding tert-OH is 1. The molecule has 116 valence electrons. The standard InChI is InChI=1S/C15H33NO3/c1-5-9-16-15(4,13-17)8-6-7-10-18-11-12-19-14(2)3/h14,16-17H,5-13H2,1-4H3. The molecular formula is C15H33NO3. The maximum Gasteiger partial charge on any atom is 0.0703 e. The van der Waals surface area contributed by atoms with E-state index in [0.29, 0.717) is 13.2 Å². The number of rotatable bonds is 13. The minimum absolute atomic E-state index is 0.142. The fourth-order valence-corrected chi connectivity index (χ4v) is 1.81. The van der Waals surface area contributed by atoms with Crippen LogP contribution in [0.5, 0.6) is 0 Å². The van der Waals surface area contributed by atoms with E-state index in [1.54, 1.807) is 0 Å². The van der Waals surface area contributed by atoms with Crippen LogP contribution in [0, 0.1) is 0 Å². The first-order chi connectivity index (χ1) is 9.04. The van der Waals surface area contributed by atoms with Gasteiger partial charge in [-0.05, 0) is 53.0 Å². The van der Waals surface area contributed by atoms with Gasteiger partial charge in [0.05, 0.1) is 25.9 Å². The van der Waals surface area contributed by atoms with Crippen LogP contribution < -0.4 is 5.32 Å². The van der Waals surface area contributed by atoms with Gasteiger partial charge in [-0.2, -0.15) is 0 Å². The molecule has 0 spiro atoms. The van der Waals surface area contributed by atoms with E-state index < -0.39 is 0 Å². The van der Waals surface area contributed by atoms with Crippen LogP contribution in [-0.2, 0) is 9.47 Å². The van der Waals surface area contributed by atoms with Gasteiger partial charge in [-0.1, -0.05) is 6.92 Å². The fourth-order valence-electron chi connectivity index (χ4n) is 1.81. The van der Waals surface area contributed by atoms with Gasteiger partial charge >= 0.3 is 0 Å². The van der Waals surface area contributed by atoms with Crippen molar-refractivity contribution in [2.24, 2.45) is 0 Å². The second-order valence-corrected chi connectivity index (χ2v) is 5.63. The van der Waals surface area contributed by atoms with Crippen molar-refractivity contribution in [3.8, 4) is 0 Å². The second-order valence-electron chi connectivity index (χ2n) is 5.63. The number of hydrogen-bond donors (Lipinski definition) is 2. The zero-order valence-electron chi connectivity index (χ0n) is 13.2. The molecule has 0 bridgehead atoms. The number of ether oxygens (including phenoxy) is 2. The van der Waals surface area contributed by atoms with Crippen LogP contribution in [0.25, 0.3) is 0 Å². The summed E-state index contributed by atoms with van der Waals surface area (Å²) in [5.74, 6) is 0. The Morgan fingerprint density at radius 3 is 2.47 bits per heavy atom. The topological polar surface area (TPSA) is 50.7 Å². The third-order valence-corrected chi connectivity index (χ3v) is 3.10. The molecule has 4 nitrogen and oxygen atoms in total. The van der Waals surface area contributed by atoms with E-state index in [1.807, 2.05) is 13.8 Å². The lowest BCUT2D eigenvalue weighted by Crippen LogP contribution is -2.46. The first-order valence-corrected chi connectivity index (χ1v) is 7.59. The summed E-state index contributed by atoms with van der Waals surface area (Å²) in [6.07, 6.45) is 4.45. The predicted octanol–water partition coefficient (Wildman–Crippen LogP) is 2.35. The quantitative estimate of drug-likeness (QED) is 0.507. The molecule has 0 saturated heterocycles. The predicted molar refractivity (Wildman–Crippen MR) is 79.5 cm³/mol. The first-order valence-electron chi connectivity index (χ1n) is 7.59. The van der Waals surface area contributed by atoms with Crippen molar-refractivity contribution in [1.82, 2.24) is 5.32 Å². The van der Waals surface area contributed by atoms with E-state index in [2.05, 4.69) is 19.2 Å². The van der Waals surface area contributed by atoms with Crippen molar-refractivity contribution in [3.63, 3.8) is 0 Å². The van der Waals surface area contributed by atoms with E-state index in [-0.39, 0.29) is 18.2 Å². The Morgan fingerprint density at radius 1 is 1.16 bits per heavy atom. The maximum atomic E-state index is 9.43. The van der Waals surface area contributed by atoms with E-state index in [1.165, 1.54) is 0 Å². The summed E-state index contributed by atoms with van der Waals surface area (Å²) in [5, 5.41) is 12.8. The van der Waals surface area contributed by atoms with Gasteiger partial charge in [0.15, 0.2) is 0 Å². The molecule has 0 rings (SSSR count). The van der Waals surface area contributed by atoms with Gasteiger partial charge in [-0.3, -0.25) is 0 Å². The van der Waals surface area contributed by atoms with Crippen molar-refractivity contribution in [3.05, 3.63) is 0 Å². The molecule has 1 unspecified atom stereocenters. The molecule has 0 aromatic carbocycles. The van der Waals surface area contributed by atoms with Gasteiger partial charge in [0.2, 0.25) is 0 Å². The SMILES string of the molecule is CCCNC(C)(CO)CCCCOCCOC(C)C. The largest absolute Gasteiger partial charge is 0.394 e. The lowest BCUT2D eigenvalue weighted by molar-refractivity contribution is 0.0182. The van der Waals surface area contributed by atoms with Gasteiger partial charge in [0.25, 0.3) is 0 Å². The Morgan fingerprint density at radius 2 is 1.89 bits per heavy atom. The molecule has 1 atom stereocenters. The van der Waals surface area contributed by atoms with Crippen molar-refractivity contribution in [2.75, 3.05) is 33.0 Å². The third-order valence-electron chi connectivity index (χ3n) is 3.10. The van der Waals surface area contributed by atoms with Crippen LogP contribution >= 0.6 is 0 Å². The highest BCUT2D eigenvalue weighted by atomic mass is 16.5. The molecule has 0 amide bonds. The first kappa shape index (κ1) is 18.8. The molecule has 0 heterocycles.